The maximum absolute atomic E-state index is 17.2. The minimum atomic E-state index is -0.724. The largest absolute Gasteiger partial charge is 0.461 e. The third kappa shape index (κ3) is 7.22. The first-order valence-corrected chi connectivity index (χ1v) is 21.0. The first-order valence-electron chi connectivity index (χ1n) is 21.0. The number of rotatable bonds is 7. The van der Waals surface area contributed by atoms with E-state index in [2.05, 4.69) is 20.7 Å². The van der Waals surface area contributed by atoms with Crippen LogP contribution in [0.4, 0.5) is 24.2 Å². The minimum absolute atomic E-state index is 0.000467. The van der Waals surface area contributed by atoms with Crippen LogP contribution < -0.4 is 9.64 Å². The van der Waals surface area contributed by atoms with Gasteiger partial charge < -0.3 is 24.0 Å². The fourth-order valence-electron chi connectivity index (χ4n) is 10.1. The third-order valence-corrected chi connectivity index (χ3v) is 12.9. The van der Waals surface area contributed by atoms with Crippen LogP contribution in [0.3, 0.4) is 0 Å². The summed E-state index contributed by atoms with van der Waals surface area (Å²) in [7, 11) is 0. The predicted molar refractivity (Wildman–Crippen MR) is 220 cm³/mol. The molecule has 0 N–H and O–H groups in total. The molecule has 0 aliphatic carbocycles. The lowest BCUT2D eigenvalue weighted by molar-refractivity contribution is -0.121. The molecule has 2 aromatic carbocycles. The number of terminal acetylenes is 1. The van der Waals surface area contributed by atoms with Crippen molar-refractivity contribution in [2.75, 3.05) is 50.8 Å². The number of halogens is 2. The number of ether oxygens (including phenoxy) is 3. The monoisotopic (exact) mass is 821 g/mol. The Balaban J connectivity index is 1.04. The quantitative estimate of drug-likeness (QED) is 0.181. The van der Waals surface area contributed by atoms with Gasteiger partial charge in [-0.3, -0.25) is 19.6 Å². The standard InChI is InChI=1S/C45H49F2N7O6/c1-5-32-35(46)13-10-27-8-6-9-33(36(27)32)38-37(47)39-34(22-48-38)40(52-23-28-11-12-29(24-52)54(28)43(57)60-44(2,3)4)50-41(49-39)59-26-45-17-7-19-53(45)30(14-18-45)25-58-42(56)51-20-15-31(55)16-21-51/h1,6,8-10,13,22,28-30H,7,11-12,14-21,23-26H2,2-4H3/t28?,29?,30-,45-/m0/s1. The number of Topliss-reactive ketones (excluding diaryl/α,β-unsaturated/α-hetero) is 1. The maximum Gasteiger partial charge on any atom is 0.410 e. The number of piperazine rings is 1. The molecule has 13 nitrogen and oxygen atoms in total. The summed E-state index contributed by atoms with van der Waals surface area (Å²) in [4.78, 5) is 60.0. The summed E-state index contributed by atoms with van der Waals surface area (Å²) in [6.45, 7) is 8.46. The average Bonchev–Trinajstić information content (AvgIpc) is 3.88. The van der Waals surface area contributed by atoms with E-state index in [1.54, 1.807) is 35.4 Å². The lowest BCUT2D eigenvalue weighted by Crippen LogP contribution is -2.57. The van der Waals surface area contributed by atoms with Crippen LogP contribution in [0, 0.1) is 24.0 Å². The molecule has 2 amide bonds. The summed E-state index contributed by atoms with van der Waals surface area (Å²) in [5.41, 5.74) is -0.694. The first kappa shape index (κ1) is 39.8. The van der Waals surface area contributed by atoms with E-state index in [1.165, 1.54) is 6.07 Å². The van der Waals surface area contributed by atoms with Gasteiger partial charge in [-0.25, -0.2) is 18.4 Å². The Bertz CT molecular complexity index is 2410. The second kappa shape index (κ2) is 15.4. The zero-order valence-corrected chi connectivity index (χ0v) is 34.2. The molecular formula is C45H49F2N7O6. The van der Waals surface area contributed by atoms with Crippen LogP contribution in [0.1, 0.15) is 77.7 Å². The molecule has 15 heteroatoms. The Morgan fingerprint density at radius 3 is 2.48 bits per heavy atom. The number of hydrogen-bond acceptors (Lipinski definition) is 11. The van der Waals surface area contributed by atoms with Gasteiger partial charge >= 0.3 is 18.2 Å². The molecule has 0 saturated carbocycles. The zero-order chi connectivity index (χ0) is 41.9. The van der Waals surface area contributed by atoms with Gasteiger partial charge in [0.1, 0.15) is 47.4 Å². The summed E-state index contributed by atoms with van der Waals surface area (Å²) >= 11 is 0. The van der Waals surface area contributed by atoms with Gasteiger partial charge in [0, 0.05) is 62.2 Å². The summed E-state index contributed by atoms with van der Waals surface area (Å²) in [5, 5.41) is 1.39. The van der Waals surface area contributed by atoms with E-state index in [4.69, 9.17) is 30.6 Å². The van der Waals surface area contributed by atoms with E-state index in [0.29, 0.717) is 66.6 Å². The molecule has 314 valence electrons. The van der Waals surface area contributed by atoms with E-state index in [0.717, 1.165) is 45.1 Å². The number of likely N-dealkylation sites (tertiary alicyclic amines) is 1. The Hall–Kier alpha value is -5.62. The van der Waals surface area contributed by atoms with Crippen molar-refractivity contribution < 1.29 is 37.4 Å². The highest BCUT2D eigenvalue weighted by atomic mass is 19.1. The van der Waals surface area contributed by atoms with Gasteiger partial charge in [0.05, 0.1) is 28.6 Å². The van der Waals surface area contributed by atoms with Gasteiger partial charge in [-0.1, -0.05) is 30.2 Å². The fourth-order valence-corrected chi connectivity index (χ4v) is 10.1. The molecule has 60 heavy (non-hydrogen) atoms. The van der Waals surface area contributed by atoms with Crippen LogP contribution in [-0.2, 0) is 14.3 Å². The molecule has 2 aromatic heterocycles. The van der Waals surface area contributed by atoms with E-state index in [9.17, 15) is 14.4 Å². The van der Waals surface area contributed by atoms with E-state index in [1.807, 2.05) is 25.7 Å². The van der Waals surface area contributed by atoms with Crippen molar-refractivity contribution >= 4 is 45.5 Å². The molecule has 4 atom stereocenters. The van der Waals surface area contributed by atoms with Crippen LogP contribution in [-0.4, -0.2) is 123 Å². The van der Waals surface area contributed by atoms with Crippen LogP contribution >= 0.6 is 0 Å². The van der Waals surface area contributed by atoms with Crippen LogP contribution in [0.25, 0.3) is 32.9 Å². The SMILES string of the molecule is C#Cc1c(F)ccc2cccc(-c3ncc4c(N5CC6CCC(C5)N6C(=O)OC(C)(C)C)nc(OC[C@@]56CCCN5[C@H](COC(=O)N5CCC(=O)CC5)CC6)nc4c3F)c12. The molecule has 0 radical (unpaired) electrons. The normalized spacial score (nSPS) is 24.2. The predicted octanol–water partition coefficient (Wildman–Crippen LogP) is 6.87. The number of fused-ring (bicyclic) bond motifs is 5. The smallest absolute Gasteiger partial charge is 0.410 e. The molecule has 7 heterocycles. The molecule has 5 aliphatic rings. The van der Waals surface area contributed by atoms with Crippen LogP contribution in [0.2, 0.25) is 0 Å². The molecule has 5 fully saturated rings. The van der Waals surface area contributed by atoms with E-state index < -0.39 is 23.3 Å². The van der Waals surface area contributed by atoms with Crippen molar-refractivity contribution in [3.63, 3.8) is 0 Å². The van der Waals surface area contributed by atoms with E-state index >= 15 is 8.78 Å². The minimum Gasteiger partial charge on any atom is -0.461 e. The van der Waals surface area contributed by atoms with Gasteiger partial charge in [0.2, 0.25) is 0 Å². The number of ketones is 1. The summed E-state index contributed by atoms with van der Waals surface area (Å²) in [6, 6.07) is 7.82. The van der Waals surface area contributed by atoms with Crippen molar-refractivity contribution in [3.8, 4) is 29.6 Å². The van der Waals surface area contributed by atoms with E-state index in [-0.39, 0.29) is 71.5 Å². The Labute approximate surface area is 347 Å². The molecule has 2 bridgehead atoms. The lowest BCUT2D eigenvalue weighted by Gasteiger charge is -2.42. The molecule has 5 saturated heterocycles. The number of anilines is 1. The molecule has 0 spiro atoms. The molecule has 4 aromatic rings. The Morgan fingerprint density at radius 1 is 0.983 bits per heavy atom. The number of hydrogen-bond donors (Lipinski definition) is 0. The fraction of sp³-hybridized carbons (Fsp3) is 0.511. The van der Waals surface area contributed by atoms with Crippen molar-refractivity contribution in [2.45, 2.75) is 101 Å². The summed E-state index contributed by atoms with van der Waals surface area (Å²) < 4.78 is 50.4. The highest BCUT2D eigenvalue weighted by Gasteiger charge is 2.50. The topological polar surface area (TPSA) is 131 Å². The maximum atomic E-state index is 17.2. The van der Waals surface area contributed by atoms with Crippen LogP contribution in [0.5, 0.6) is 6.01 Å². The van der Waals surface area contributed by atoms with Gasteiger partial charge in [-0.15, -0.1) is 6.42 Å². The first-order chi connectivity index (χ1) is 28.8. The Kier molecular flexibility index (Phi) is 10.3. The number of pyridine rings is 1. The summed E-state index contributed by atoms with van der Waals surface area (Å²) in [5.74, 6) is 1.73. The number of benzene rings is 2. The third-order valence-electron chi connectivity index (χ3n) is 12.9. The number of carbonyl (C=O) groups is 3. The summed E-state index contributed by atoms with van der Waals surface area (Å²) in [6.07, 6.45) is 12.3. The molecular weight excluding hydrogens is 773 g/mol. The van der Waals surface area contributed by atoms with Crippen LogP contribution in [0.15, 0.2) is 36.5 Å². The number of carbonyl (C=O) groups excluding carboxylic acids is 3. The zero-order valence-electron chi connectivity index (χ0n) is 34.2. The number of aromatic nitrogens is 3. The number of nitrogens with zero attached hydrogens (tertiary/aromatic N) is 7. The van der Waals surface area contributed by atoms with Crippen molar-refractivity contribution in [3.05, 3.63) is 53.7 Å². The Morgan fingerprint density at radius 2 is 1.75 bits per heavy atom. The molecule has 5 aliphatic heterocycles. The van der Waals surface area contributed by atoms with Gasteiger partial charge in [-0.2, -0.15) is 9.97 Å². The van der Waals surface area contributed by atoms with Gasteiger partial charge in [0.15, 0.2) is 5.82 Å². The van der Waals surface area contributed by atoms with Crippen molar-refractivity contribution in [2.24, 2.45) is 0 Å². The second-order valence-electron chi connectivity index (χ2n) is 17.8. The van der Waals surface area contributed by atoms with Gasteiger partial charge in [0.25, 0.3) is 0 Å². The average molecular weight is 822 g/mol. The second-order valence-corrected chi connectivity index (χ2v) is 17.8. The van der Waals surface area contributed by atoms with Gasteiger partial charge in [-0.05, 0) is 77.3 Å². The molecule has 9 rings (SSSR count). The number of piperidine rings is 1. The lowest BCUT2D eigenvalue weighted by atomic mass is 9.95. The highest BCUT2D eigenvalue weighted by Crippen LogP contribution is 2.44. The number of amides is 2. The molecule has 2 unspecified atom stereocenters. The van der Waals surface area contributed by atoms with Crippen molar-refractivity contribution in [1.82, 2.24) is 29.7 Å². The van der Waals surface area contributed by atoms with Crippen molar-refractivity contribution in [1.29, 1.82) is 0 Å². The highest BCUT2D eigenvalue weighted by molar-refractivity contribution is 6.02.